The average molecular weight is 430 g/mol. The zero-order chi connectivity index (χ0) is 22.5. The van der Waals surface area contributed by atoms with Crippen LogP contribution in [0.2, 0.25) is 0 Å². The first-order chi connectivity index (χ1) is 15.5. The summed E-state index contributed by atoms with van der Waals surface area (Å²) < 4.78 is 26.9. The second-order valence-electron chi connectivity index (χ2n) is 6.96. The van der Waals surface area contributed by atoms with Crippen LogP contribution in [0.4, 0.5) is 10.3 Å². The van der Waals surface area contributed by atoms with Crippen LogP contribution in [0.5, 0.6) is 17.2 Å². The molecule has 0 spiro atoms. The molecule has 0 aliphatic carbocycles. The highest BCUT2D eigenvalue weighted by Crippen LogP contribution is 2.27. The summed E-state index contributed by atoms with van der Waals surface area (Å²) in [6.45, 7) is 0.181. The number of anilines is 1. The molecule has 1 N–H and O–H groups in total. The summed E-state index contributed by atoms with van der Waals surface area (Å²) in [5.41, 5.74) is 1.96. The highest BCUT2D eigenvalue weighted by molar-refractivity contribution is 5.91. The van der Waals surface area contributed by atoms with E-state index < -0.39 is 5.82 Å². The van der Waals surface area contributed by atoms with Crippen molar-refractivity contribution in [2.45, 2.75) is 6.42 Å². The van der Waals surface area contributed by atoms with Crippen molar-refractivity contribution in [3.05, 3.63) is 78.1 Å². The predicted molar refractivity (Wildman–Crippen MR) is 117 cm³/mol. The minimum atomic E-state index is -0.615. The lowest BCUT2D eigenvalue weighted by Crippen LogP contribution is -2.17. The number of hydrogen-bond acceptors (Lipinski definition) is 5. The van der Waals surface area contributed by atoms with Gasteiger partial charge in [0.2, 0.25) is 11.9 Å². The Kier molecular flexibility index (Phi) is 5.99. The van der Waals surface area contributed by atoms with E-state index in [1.807, 2.05) is 41.9 Å². The van der Waals surface area contributed by atoms with Crippen molar-refractivity contribution in [3.63, 3.8) is 0 Å². The van der Waals surface area contributed by atoms with E-state index in [1.165, 1.54) is 12.1 Å². The van der Waals surface area contributed by atoms with Gasteiger partial charge < -0.3 is 14.0 Å². The molecule has 1 aromatic heterocycles. The number of carbonyl (C=O) groups is 1. The Balaban J connectivity index is 1.28. The van der Waals surface area contributed by atoms with E-state index in [9.17, 15) is 9.18 Å². The lowest BCUT2D eigenvalue weighted by atomic mass is 10.2. The van der Waals surface area contributed by atoms with E-state index in [0.29, 0.717) is 17.4 Å². The van der Waals surface area contributed by atoms with Crippen molar-refractivity contribution < 1.29 is 18.7 Å². The summed E-state index contributed by atoms with van der Waals surface area (Å²) in [5.74, 6) is 0.647. The Morgan fingerprint density at radius 2 is 1.88 bits per heavy atom. The molecule has 160 valence electrons. The lowest BCUT2D eigenvalue weighted by Gasteiger charge is -2.09. The molecule has 0 saturated heterocycles. The molecule has 0 saturated carbocycles. The lowest BCUT2D eigenvalue weighted by molar-refractivity contribution is -0.116. The first kappa shape index (κ1) is 20.9. The van der Waals surface area contributed by atoms with Crippen LogP contribution in [-0.2, 0) is 11.8 Å². The molecule has 4 rings (SSSR count). The number of nitrogens with zero attached hydrogens (tertiary/aromatic N) is 3. The second kappa shape index (κ2) is 9.18. The van der Waals surface area contributed by atoms with Gasteiger partial charge in [0.15, 0.2) is 11.6 Å². The fourth-order valence-corrected chi connectivity index (χ4v) is 3.09. The van der Waals surface area contributed by atoms with Crippen LogP contribution in [0.3, 0.4) is 0 Å². The van der Waals surface area contributed by atoms with E-state index in [-0.39, 0.29) is 30.2 Å². The highest BCUT2D eigenvalue weighted by atomic mass is 19.1. The number of amides is 1. The van der Waals surface area contributed by atoms with Gasteiger partial charge in [-0.1, -0.05) is 12.1 Å². The highest BCUT2D eigenvalue weighted by Gasteiger charge is 2.11. The Labute approximate surface area is 183 Å². The van der Waals surface area contributed by atoms with Gasteiger partial charge in [0, 0.05) is 7.05 Å². The van der Waals surface area contributed by atoms with E-state index in [2.05, 4.69) is 10.3 Å². The Morgan fingerprint density at radius 3 is 2.59 bits per heavy atom. The average Bonchev–Trinajstić information content (AvgIpc) is 3.11. The van der Waals surface area contributed by atoms with Crippen molar-refractivity contribution in [2.24, 2.45) is 7.05 Å². The van der Waals surface area contributed by atoms with E-state index in [0.717, 1.165) is 17.1 Å². The molecule has 0 fully saturated rings. The summed E-state index contributed by atoms with van der Waals surface area (Å²) in [4.78, 5) is 16.7. The molecular weight excluding hydrogens is 411 g/mol. The minimum absolute atomic E-state index is 0.0243. The molecule has 1 amide bonds. The van der Waals surface area contributed by atoms with Crippen LogP contribution in [0.1, 0.15) is 12.0 Å². The van der Waals surface area contributed by atoms with Crippen molar-refractivity contribution in [1.29, 1.82) is 5.26 Å². The van der Waals surface area contributed by atoms with Crippen LogP contribution in [0, 0.1) is 17.1 Å². The molecule has 0 atom stereocenters. The van der Waals surface area contributed by atoms with Crippen molar-refractivity contribution in [1.82, 2.24) is 9.55 Å². The van der Waals surface area contributed by atoms with E-state index >= 15 is 0 Å². The second-order valence-corrected chi connectivity index (χ2v) is 6.96. The molecule has 0 aliphatic rings. The molecule has 1 heterocycles. The number of para-hydroxylation sites is 2. The van der Waals surface area contributed by atoms with Crippen LogP contribution < -0.4 is 14.8 Å². The summed E-state index contributed by atoms with van der Waals surface area (Å²) in [6, 6.07) is 20.1. The van der Waals surface area contributed by atoms with Crippen molar-refractivity contribution in [2.75, 3.05) is 11.9 Å². The number of rotatable bonds is 7. The summed E-state index contributed by atoms with van der Waals surface area (Å²) in [7, 11) is 1.84. The standard InChI is InChI=1S/C24H19FN4O3/c1-29-21-5-3-2-4-20(21)27-24(29)28-23(30)12-13-31-17-7-9-18(10-8-17)32-22-11-6-16(15-26)14-19(22)25/h2-11,14H,12-13H2,1H3,(H,27,28,30). The molecule has 8 heteroatoms. The van der Waals surface area contributed by atoms with Crippen LogP contribution >= 0.6 is 0 Å². The van der Waals surface area contributed by atoms with Gasteiger partial charge in [-0.2, -0.15) is 5.26 Å². The van der Waals surface area contributed by atoms with E-state index in [4.69, 9.17) is 14.7 Å². The largest absolute Gasteiger partial charge is 0.493 e. The van der Waals surface area contributed by atoms with Gasteiger partial charge >= 0.3 is 0 Å². The molecular formula is C24H19FN4O3. The molecule has 0 aliphatic heterocycles. The van der Waals surface area contributed by atoms with E-state index in [1.54, 1.807) is 24.3 Å². The number of halogens is 1. The van der Waals surface area contributed by atoms with Gasteiger partial charge in [0.1, 0.15) is 11.5 Å². The number of aryl methyl sites for hydroxylation is 1. The number of fused-ring (bicyclic) bond motifs is 1. The van der Waals surface area contributed by atoms with Crippen LogP contribution in [0.15, 0.2) is 66.7 Å². The first-order valence-electron chi connectivity index (χ1n) is 9.85. The molecule has 32 heavy (non-hydrogen) atoms. The quantitative estimate of drug-likeness (QED) is 0.456. The van der Waals surface area contributed by atoms with Crippen LogP contribution in [-0.4, -0.2) is 22.1 Å². The van der Waals surface area contributed by atoms with Gasteiger partial charge in [0.25, 0.3) is 0 Å². The van der Waals surface area contributed by atoms with Crippen molar-refractivity contribution in [3.8, 4) is 23.3 Å². The molecule has 0 unspecified atom stereocenters. The first-order valence-corrected chi connectivity index (χ1v) is 9.85. The Bertz CT molecular complexity index is 1310. The fraction of sp³-hybridized carbons (Fsp3) is 0.125. The normalized spacial score (nSPS) is 10.5. The Hall–Kier alpha value is -4.38. The van der Waals surface area contributed by atoms with Gasteiger partial charge in [-0.25, -0.2) is 9.37 Å². The van der Waals surface area contributed by atoms with Gasteiger partial charge in [-0.3, -0.25) is 10.1 Å². The fourth-order valence-electron chi connectivity index (χ4n) is 3.09. The SMILES string of the molecule is Cn1c(NC(=O)CCOc2ccc(Oc3ccc(C#N)cc3F)cc2)nc2ccccc21. The zero-order valence-corrected chi connectivity index (χ0v) is 17.2. The third kappa shape index (κ3) is 4.68. The number of ether oxygens (including phenoxy) is 2. The molecule has 3 aromatic carbocycles. The smallest absolute Gasteiger partial charge is 0.230 e. The number of hydrogen-bond donors (Lipinski definition) is 1. The summed E-state index contributed by atoms with van der Waals surface area (Å²) in [6.07, 6.45) is 0.151. The maximum Gasteiger partial charge on any atom is 0.230 e. The van der Waals surface area contributed by atoms with Gasteiger partial charge in [-0.15, -0.1) is 0 Å². The molecule has 0 radical (unpaired) electrons. The van der Waals surface area contributed by atoms with Crippen LogP contribution in [0.25, 0.3) is 11.0 Å². The number of carbonyl (C=O) groups excluding carboxylic acids is 1. The predicted octanol–water partition coefficient (Wildman–Crippen LogP) is 4.78. The topological polar surface area (TPSA) is 89.2 Å². The van der Waals surface area contributed by atoms with Gasteiger partial charge in [0.05, 0.1) is 35.7 Å². The third-order valence-electron chi connectivity index (χ3n) is 4.75. The molecule has 0 bridgehead atoms. The molecule has 4 aromatic rings. The zero-order valence-electron chi connectivity index (χ0n) is 17.2. The number of nitrogens with one attached hydrogen (secondary N) is 1. The number of imidazole rings is 1. The molecule has 7 nitrogen and oxygen atoms in total. The monoisotopic (exact) mass is 430 g/mol. The Morgan fingerprint density at radius 1 is 1.12 bits per heavy atom. The number of benzene rings is 3. The maximum atomic E-state index is 13.9. The van der Waals surface area contributed by atoms with Gasteiger partial charge in [-0.05, 0) is 54.6 Å². The maximum absolute atomic E-state index is 13.9. The minimum Gasteiger partial charge on any atom is -0.493 e. The summed E-state index contributed by atoms with van der Waals surface area (Å²) >= 11 is 0. The number of nitriles is 1. The number of aromatic nitrogens is 2. The van der Waals surface area contributed by atoms with Crippen molar-refractivity contribution >= 4 is 22.9 Å². The summed E-state index contributed by atoms with van der Waals surface area (Å²) in [5, 5.41) is 11.6. The third-order valence-corrected chi connectivity index (χ3v) is 4.75.